The third kappa shape index (κ3) is 4.69. The molecule has 1 N–H and O–H groups in total. The van der Waals surface area contributed by atoms with Crippen molar-refractivity contribution < 1.29 is 9.72 Å². The average molecular weight is 346 g/mol. The first-order valence-electron chi connectivity index (χ1n) is 7.60. The van der Waals surface area contributed by atoms with E-state index in [0.717, 1.165) is 17.8 Å². The monoisotopic (exact) mass is 346 g/mol. The molecule has 0 aliphatic carbocycles. The van der Waals surface area contributed by atoms with E-state index in [1.165, 1.54) is 35.6 Å². The second-order valence-electron chi connectivity index (χ2n) is 5.13. The van der Waals surface area contributed by atoms with Crippen molar-refractivity contribution in [2.24, 2.45) is 0 Å². The fourth-order valence-corrected chi connectivity index (χ4v) is 3.16. The lowest BCUT2D eigenvalue weighted by molar-refractivity contribution is -0.384. The van der Waals surface area contributed by atoms with Gasteiger partial charge in [0.1, 0.15) is 5.01 Å². The summed E-state index contributed by atoms with van der Waals surface area (Å²) < 4.78 is 0. The number of hydrogen-bond acceptors (Lipinski definition) is 6. The van der Waals surface area contributed by atoms with Crippen molar-refractivity contribution >= 4 is 34.1 Å². The molecule has 0 atom stereocenters. The molecule has 8 heteroatoms. The van der Waals surface area contributed by atoms with E-state index in [-0.39, 0.29) is 11.6 Å². The Morgan fingerprint density at radius 3 is 2.79 bits per heavy atom. The van der Waals surface area contributed by atoms with Gasteiger partial charge in [-0.05, 0) is 24.5 Å². The molecule has 1 aromatic heterocycles. The Morgan fingerprint density at radius 2 is 2.12 bits per heavy atom. The number of amides is 1. The number of carbonyl (C=O) groups excluding carboxylic acids is 1. The molecule has 0 fully saturated rings. The highest BCUT2D eigenvalue weighted by molar-refractivity contribution is 7.15. The predicted octanol–water partition coefficient (Wildman–Crippen LogP) is 4.00. The molecule has 0 spiro atoms. The van der Waals surface area contributed by atoms with Crippen LogP contribution in [0.3, 0.4) is 0 Å². The zero-order valence-electron chi connectivity index (χ0n) is 13.4. The number of carbonyl (C=O) groups is 1. The van der Waals surface area contributed by atoms with Gasteiger partial charge in [0.2, 0.25) is 11.0 Å². The lowest BCUT2D eigenvalue weighted by Gasteiger charge is -2.05. The van der Waals surface area contributed by atoms with Gasteiger partial charge in [-0.3, -0.25) is 20.2 Å². The van der Waals surface area contributed by atoms with E-state index in [0.29, 0.717) is 16.6 Å². The molecule has 0 saturated carbocycles. The minimum absolute atomic E-state index is 0.0171. The molecule has 1 aromatic carbocycles. The number of nitrogens with zero attached hydrogens (tertiary/aromatic N) is 3. The van der Waals surface area contributed by atoms with E-state index in [1.807, 2.05) is 0 Å². The zero-order valence-corrected chi connectivity index (χ0v) is 14.2. The molecule has 2 aromatic rings. The van der Waals surface area contributed by atoms with E-state index in [4.69, 9.17) is 0 Å². The lowest BCUT2D eigenvalue weighted by Crippen LogP contribution is -2.07. The van der Waals surface area contributed by atoms with Crippen LogP contribution < -0.4 is 5.32 Å². The molecule has 0 saturated heterocycles. The Labute approximate surface area is 143 Å². The molecule has 1 heterocycles. The summed E-state index contributed by atoms with van der Waals surface area (Å²) in [6, 6.07) is 6.06. The van der Waals surface area contributed by atoms with E-state index in [9.17, 15) is 14.9 Å². The minimum atomic E-state index is -0.474. The molecule has 0 radical (unpaired) electrons. The second kappa shape index (κ2) is 8.30. The van der Waals surface area contributed by atoms with Crippen molar-refractivity contribution in [1.29, 1.82) is 0 Å². The van der Waals surface area contributed by atoms with Crippen molar-refractivity contribution in [1.82, 2.24) is 10.2 Å². The average Bonchev–Trinajstić information content (AvgIpc) is 3.02. The molecule has 0 aliphatic rings. The highest BCUT2D eigenvalue weighted by Gasteiger charge is 2.13. The van der Waals surface area contributed by atoms with Gasteiger partial charge in [0.05, 0.1) is 4.92 Å². The van der Waals surface area contributed by atoms with Crippen molar-refractivity contribution in [3.8, 4) is 0 Å². The number of nitro benzene ring substituents is 1. The van der Waals surface area contributed by atoms with Crippen LogP contribution in [-0.4, -0.2) is 21.0 Å². The van der Waals surface area contributed by atoms with Crippen LogP contribution >= 0.6 is 11.3 Å². The summed E-state index contributed by atoms with van der Waals surface area (Å²) in [6.07, 6.45) is 4.79. The third-order valence-electron chi connectivity index (χ3n) is 3.51. The van der Waals surface area contributed by atoms with Gasteiger partial charge in [-0.1, -0.05) is 37.3 Å². The van der Waals surface area contributed by atoms with Crippen molar-refractivity contribution in [3.05, 3.63) is 51.0 Å². The van der Waals surface area contributed by atoms with E-state index in [2.05, 4.69) is 29.4 Å². The smallest absolute Gasteiger partial charge is 0.270 e. The van der Waals surface area contributed by atoms with Gasteiger partial charge in [0.25, 0.3) is 5.69 Å². The number of benzene rings is 1. The molecule has 0 unspecified atom stereocenters. The van der Waals surface area contributed by atoms with Crippen LogP contribution in [0.2, 0.25) is 0 Å². The molecule has 0 bridgehead atoms. The summed E-state index contributed by atoms with van der Waals surface area (Å²) >= 11 is 1.37. The molecule has 1 amide bonds. The first-order valence-corrected chi connectivity index (χ1v) is 8.42. The maximum atomic E-state index is 11.9. The van der Waals surface area contributed by atoms with Gasteiger partial charge >= 0.3 is 0 Å². The number of nitrogens with one attached hydrogen (secondary N) is 1. The first kappa shape index (κ1) is 17.7. The van der Waals surface area contributed by atoms with Crippen molar-refractivity contribution in [2.75, 3.05) is 5.32 Å². The number of aromatic nitrogens is 2. The number of hydrogen-bond donors (Lipinski definition) is 1. The van der Waals surface area contributed by atoms with Crippen LogP contribution in [0.4, 0.5) is 10.8 Å². The van der Waals surface area contributed by atoms with Gasteiger partial charge in [0.15, 0.2) is 0 Å². The van der Waals surface area contributed by atoms with E-state index >= 15 is 0 Å². The lowest BCUT2D eigenvalue weighted by atomic mass is 10.1. The summed E-state index contributed by atoms with van der Waals surface area (Å²) in [5.74, 6) is 0.00214. The van der Waals surface area contributed by atoms with Gasteiger partial charge in [-0.15, -0.1) is 10.2 Å². The molecule has 2 rings (SSSR count). The van der Waals surface area contributed by atoms with Gasteiger partial charge in [-0.25, -0.2) is 0 Å². The summed E-state index contributed by atoms with van der Waals surface area (Å²) in [4.78, 5) is 22.2. The summed E-state index contributed by atoms with van der Waals surface area (Å²) in [5.41, 5.74) is 0.561. The maximum absolute atomic E-state index is 11.9. The topological polar surface area (TPSA) is 98.0 Å². The van der Waals surface area contributed by atoms with Crippen LogP contribution in [0, 0.1) is 10.1 Å². The van der Waals surface area contributed by atoms with Crippen molar-refractivity contribution in [2.45, 2.75) is 32.6 Å². The molecule has 24 heavy (non-hydrogen) atoms. The van der Waals surface area contributed by atoms with Gasteiger partial charge in [0, 0.05) is 24.1 Å². The fourth-order valence-electron chi connectivity index (χ4n) is 2.15. The Hall–Kier alpha value is -2.61. The maximum Gasteiger partial charge on any atom is 0.270 e. The molecule has 126 valence electrons. The number of nitro groups is 1. The Bertz CT molecular complexity index is 753. The van der Waals surface area contributed by atoms with Crippen molar-refractivity contribution in [3.63, 3.8) is 0 Å². The van der Waals surface area contributed by atoms with Crippen LogP contribution in [0.15, 0.2) is 30.3 Å². The Kier molecular flexibility index (Phi) is 6.14. The number of rotatable bonds is 7. The minimum Gasteiger partial charge on any atom is -0.297 e. The molecule has 0 aliphatic heterocycles. The molecular weight excluding hydrogens is 328 g/mol. The zero-order chi connectivity index (χ0) is 17.5. The number of anilines is 1. The fraction of sp³-hybridized carbons (Fsp3) is 0.312. The Morgan fingerprint density at radius 1 is 1.38 bits per heavy atom. The highest BCUT2D eigenvalue weighted by Crippen LogP contribution is 2.28. The third-order valence-corrected chi connectivity index (χ3v) is 4.51. The van der Waals surface area contributed by atoms with Gasteiger partial charge in [-0.2, -0.15) is 0 Å². The highest BCUT2D eigenvalue weighted by atomic mass is 32.1. The van der Waals surface area contributed by atoms with E-state index < -0.39 is 4.92 Å². The SMILES string of the molecule is CCC(CC)c1nnc(NC(=O)/C=C/c2cccc([N+](=O)[O-])c2)s1. The molecular formula is C16H18N4O3S. The number of non-ortho nitro benzene ring substituents is 1. The largest absolute Gasteiger partial charge is 0.297 e. The Balaban J connectivity index is 2.00. The van der Waals surface area contributed by atoms with Crippen LogP contribution in [-0.2, 0) is 4.79 Å². The summed E-state index contributed by atoms with van der Waals surface area (Å²) in [7, 11) is 0. The van der Waals surface area contributed by atoms with Crippen LogP contribution in [0.1, 0.15) is 43.2 Å². The summed E-state index contributed by atoms with van der Waals surface area (Å²) in [6.45, 7) is 4.19. The quantitative estimate of drug-likeness (QED) is 0.464. The molecule has 7 nitrogen and oxygen atoms in total. The standard InChI is InChI=1S/C16H18N4O3S/c1-3-12(4-2)15-18-19-16(24-15)17-14(21)9-8-11-6-5-7-13(10-11)20(22)23/h5-10,12H,3-4H2,1-2H3,(H,17,19,21)/b9-8+. The van der Waals surface area contributed by atoms with Crippen LogP contribution in [0.5, 0.6) is 0 Å². The second-order valence-corrected chi connectivity index (χ2v) is 6.14. The predicted molar refractivity (Wildman–Crippen MR) is 94.0 cm³/mol. The summed E-state index contributed by atoms with van der Waals surface area (Å²) in [5, 5.41) is 22.8. The first-order chi connectivity index (χ1) is 11.5. The van der Waals surface area contributed by atoms with Gasteiger partial charge < -0.3 is 0 Å². The van der Waals surface area contributed by atoms with E-state index in [1.54, 1.807) is 12.1 Å². The normalized spacial score (nSPS) is 11.1. The van der Waals surface area contributed by atoms with Crippen LogP contribution in [0.25, 0.3) is 6.08 Å².